The first-order valence-electron chi connectivity index (χ1n) is 5.43. The van der Waals surface area contributed by atoms with Crippen LogP contribution in [0.5, 0.6) is 0 Å². The first-order chi connectivity index (χ1) is 7.72. The van der Waals surface area contributed by atoms with Crippen LogP contribution in [-0.4, -0.2) is 23.3 Å². The minimum atomic E-state index is -0.111. The third-order valence-corrected chi connectivity index (χ3v) is 2.99. The van der Waals surface area contributed by atoms with Crippen LogP contribution in [0.25, 0.3) is 0 Å². The molecule has 0 aliphatic carbocycles. The van der Waals surface area contributed by atoms with Gasteiger partial charge in [0.25, 0.3) is 0 Å². The summed E-state index contributed by atoms with van der Waals surface area (Å²) in [5, 5.41) is 1.01. The molecule has 1 heterocycles. The van der Waals surface area contributed by atoms with Crippen LogP contribution in [0, 0.1) is 6.92 Å². The van der Waals surface area contributed by atoms with Crippen molar-refractivity contribution in [2.75, 3.05) is 12.4 Å². The van der Waals surface area contributed by atoms with Gasteiger partial charge in [-0.2, -0.15) is 0 Å². The first-order valence-corrected chi connectivity index (χ1v) is 6.42. The van der Waals surface area contributed by atoms with Crippen LogP contribution < -0.4 is 0 Å². The van der Waals surface area contributed by atoms with Crippen LogP contribution in [0.2, 0.25) is 0 Å². The lowest BCUT2D eigenvalue weighted by molar-refractivity contribution is -0.143. The number of aryl methyl sites for hydroxylation is 1. The van der Waals surface area contributed by atoms with Crippen LogP contribution in [0.4, 0.5) is 0 Å². The van der Waals surface area contributed by atoms with E-state index in [1.54, 1.807) is 11.8 Å². The molecule has 0 aliphatic heterocycles. The van der Waals surface area contributed by atoms with Gasteiger partial charge in [-0.25, -0.2) is 4.98 Å². The first kappa shape index (κ1) is 13.0. The normalized spacial score (nSPS) is 10.1. The molecular formula is C12H17NO2S. The quantitative estimate of drug-likeness (QED) is 0.435. The summed E-state index contributed by atoms with van der Waals surface area (Å²) < 4.78 is 4.85. The molecule has 0 saturated carbocycles. The van der Waals surface area contributed by atoms with Crippen molar-refractivity contribution in [1.82, 2.24) is 4.98 Å². The Hall–Kier alpha value is -1.03. The van der Waals surface area contributed by atoms with Crippen LogP contribution in [0.15, 0.2) is 23.4 Å². The Balaban J connectivity index is 2.16. The molecule has 0 N–H and O–H groups in total. The molecule has 1 aromatic rings. The molecule has 0 aliphatic rings. The van der Waals surface area contributed by atoms with E-state index in [0.29, 0.717) is 13.0 Å². The summed E-state index contributed by atoms with van der Waals surface area (Å²) in [4.78, 5) is 15.3. The summed E-state index contributed by atoms with van der Waals surface area (Å²) >= 11 is 1.67. The zero-order valence-electron chi connectivity index (χ0n) is 9.73. The third kappa shape index (κ3) is 5.16. The van der Waals surface area contributed by atoms with E-state index in [4.69, 9.17) is 4.74 Å². The summed E-state index contributed by atoms with van der Waals surface area (Å²) in [6.07, 6.45) is 3.18. The van der Waals surface area contributed by atoms with E-state index in [9.17, 15) is 4.79 Å². The number of hydrogen-bond acceptors (Lipinski definition) is 4. The van der Waals surface area contributed by atoms with Gasteiger partial charge < -0.3 is 4.74 Å². The number of pyridine rings is 1. The number of ether oxygens (including phenoxy) is 1. The summed E-state index contributed by atoms with van der Waals surface area (Å²) in [7, 11) is 0. The number of esters is 1. The van der Waals surface area contributed by atoms with E-state index in [-0.39, 0.29) is 5.97 Å². The van der Waals surface area contributed by atoms with Crippen LogP contribution in [0.3, 0.4) is 0 Å². The van der Waals surface area contributed by atoms with Gasteiger partial charge in [0, 0.05) is 18.4 Å². The van der Waals surface area contributed by atoms with E-state index in [1.165, 1.54) is 0 Å². The highest BCUT2D eigenvalue weighted by molar-refractivity contribution is 7.99. The van der Waals surface area contributed by atoms with E-state index < -0.39 is 0 Å². The summed E-state index contributed by atoms with van der Waals surface area (Å²) in [6, 6.07) is 4.05. The summed E-state index contributed by atoms with van der Waals surface area (Å²) in [5.41, 5.74) is 1.16. The van der Waals surface area contributed by atoms with Crippen LogP contribution in [-0.2, 0) is 9.53 Å². The number of aromatic nitrogens is 1. The van der Waals surface area contributed by atoms with E-state index >= 15 is 0 Å². The largest absolute Gasteiger partial charge is 0.466 e. The Morgan fingerprint density at radius 2 is 2.31 bits per heavy atom. The second-order valence-corrected chi connectivity index (χ2v) is 4.55. The van der Waals surface area contributed by atoms with Gasteiger partial charge in [-0.05, 0) is 31.9 Å². The Labute approximate surface area is 101 Å². The molecule has 16 heavy (non-hydrogen) atoms. The number of carbonyl (C=O) groups is 1. The molecule has 0 saturated heterocycles. The predicted octanol–water partition coefficient (Wildman–Crippen LogP) is 2.83. The highest BCUT2D eigenvalue weighted by Crippen LogP contribution is 2.16. The number of rotatable bonds is 6. The Morgan fingerprint density at radius 3 is 2.94 bits per heavy atom. The number of nitrogens with zero attached hydrogens (tertiary/aromatic N) is 1. The molecule has 1 rings (SSSR count). The molecule has 0 aromatic carbocycles. The molecule has 1 aromatic heterocycles. The van der Waals surface area contributed by atoms with Crippen molar-refractivity contribution in [3.8, 4) is 0 Å². The van der Waals surface area contributed by atoms with E-state index in [2.05, 4.69) is 4.98 Å². The minimum Gasteiger partial charge on any atom is -0.466 e. The maximum absolute atomic E-state index is 11.1. The summed E-state index contributed by atoms with van der Waals surface area (Å²) in [5.74, 6) is 0.787. The lowest BCUT2D eigenvalue weighted by Crippen LogP contribution is -2.03. The molecule has 0 amide bonds. The molecule has 3 nitrogen and oxygen atoms in total. The molecule has 0 bridgehead atoms. The van der Waals surface area contributed by atoms with Crippen molar-refractivity contribution in [3.05, 3.63) is 23.9 Å². The number of carbonyl (C=O) groups excluding carboxylic acids is 1. The van der Waals surface area contributed by atoms with Gasteiger partial charge in [-0.3, -0.25) is 4.79 Å². The van der Waals surface area contributed by atoms with Crippen molar-refractivity contribution < 1.29 is 9.53 Å². The maximum Gasteiger partial charge on any atom is 0.305 e. The van der Waals surface area contributed by atoms with Gasteiger partial charge in [0.1, 0.15) is 0 Å². The Kier molecular flexibility index (Phi) is 5.93. The molecule has 0 unspecified atom stereocenters. The molecular weight excluding hydrogens is 222 g/mol. The van der Waals surface area contributed by atoms with E-state index in [0.717, 1.165) is 22.8 Å². The highest BCUT2D eigenvalue weighted by Gasteiger charge is 2.01. The fraction of sp³-hybridized carbons (Fsp3) is 0.500. The highest BCUT2D eigenvalue weighted by atomic mass is 32.2. The van der Waals surface area contributed by atoms with Gasteiger partial charge in [-0.15, -0.1) is 11.8 Å². The molecule has 88 valence electrons. The number of thioether (sulfide) groups is 1. The van der Waals surface area contributed by atoms with Crippen LogP contribution >= 0.6 is 11.8 Å². The van der Waals surface area contributed by atoms with Crippen molar-refractivity contribution in [2.24, 2.45) is 0 Å². The van der Waals surface area contributed by atoms with Gasteiger partial charge in [0.15, 0.2) is 0 Å². The maximum atomic E-state index is 11.1. The molecule has 0 atom stereocenters. The van der Waals surface area contributed by atoms with Crippen molar-refractivity contribution in [1.29, 1.82) is 0 Å². The molecule has 0 fully saturated rings. The number of hydrogen-bond donors (Lipinski definition) is 0. The van der Waals surface area contributed by atoms with E-state index in [1.807, 2.05) is 32.2 Å². The average molecular weight is 239 g/mol. The monoisotopic (exact) mass is 239 g/mol. The van der Waals surface area contributed by atoms with Gasteiger partial charge in [0.05, 0.1) is 11.6 Å². The van der Waals surface area contributed by atoms with Gasteiger partial charge >= 0.3 is 5.97 Å². The van der Waals surface area contributed by atoms with Crippen molar-refractivity contribution in [2.45, 2.75) is 31.7 Å². The zero-order chi connectivity index (χ0) is 11.8. The lowest BCUT2D eigenvalue weighted by Gasteiger charge is -2.02. The Bertz CT molecular complexity index is 324. The molecule has 0 radical (unpaired) electrons. The average Bonchev–Trinajstić information content (AvgIpc) is 2.27. The van der Waals surface area contributed by atoms with Gasteiger partial charge in [-0.1, -0.05) is 6.07 Å². The standard InChI is InChI=1S/C12H17NO2S/c1-3-15-12(14)5-4-8-16-11-7-6-10(2)9-13-11/h6-7,9H,3-5,8H2,1-2H3. The predicted molar refractivity (Wildman–Crippen MR) is 65.6 cm³/mol. The molecule has 4 heteroatoms. The fourth-order valence-corrected chi connectivity index (χ4v) is 1.96. The fourth-order valence-electron chi connectivity index (χ4n) is 1.17. The lowest BCUT2D eigenvalue weighted by atomic mass is 10.3. The third-order valence-electron chi connectivity index (χ3n) is 1.96. The minimum absolute atomic E-state index is 0.111. The smallest absolute Gasteiger partial charge is 0.305 e. The van der Waals surface area contributed by atoms with Crippen LogP contribution in [0.1, 0.15) is 25.3 Å². The van der Waals surface area contributed by atoms with Crippen molar-refractivity contribution in [3.63, 3.8) is 0 Å². The van der Waals surface area contributed by atoms with Crippen molar-refractivity contribution >= 4 is 17.7 Å². The Morgan fingerprint density at radius 1 is 1.50 bits per heavy atom. The second kappa shape index (κ2) is 7.28. The topological polar surface area (TPSA) is 39.2 Å². The second-order valence-electron chi connectivity index (χ2n) is 3.43. The SMILES string of the molecule is CCOC(=O)CCCSc1ccc(C)cn1. The molecule has 0 spiro atoms. The van der Waals surface area contributed by atoms with Gasteiger partial charge in [0.2, 0.25) is 0 Å². The zero-order valence-corrected chi connectivity index (χ0v) is 10.5. The summed E-state index contributed by atoms with van der Waals surface area (Å²) in [6.45, 7) is 4.30.